The van der Waals surface area contributed by atoms with Crippen molar-refractivity contribution in [2.24, 2.45) is 0 Å². The summed E-state index contributed by atoms with van der Waals surface area (Å²) in [6, 6.07) is 7.94. The number of rotatable bonds is 10. The van der Waals surface area contributed by atoms with Gasteiger partial charge in [0.1, 0.15) is 11.3 Å². The lowest BCUT2D eigenvalue weighted by atomic mass is 9.95. The molecule has 34 heavy (non-hydrogen) atoms. The number of hydrogen-bond acceptors (Lipinski definition) is 9. The van der Waals surface area contributed by atoms with Gasteiger partial charge in [0.05, 0.1) is 19.4 Å². The highest BCUT2D eigenvalue weighted by molar-refractivity contribution is 6.08. The van der Waals surface area contributed by atoms with Gasteiger partial charge in [0, 0.05) is 48.4 Å². The van der Waals surface area contributed by atoms with Crippen molar-refractivity contribution in [3.63, 3.8) is 0 Å². The molecule has 2 aromatic heterocycles. The molecular weight excluding hydrogens is 430 g/mol. The number of fused-ring (bicyclic) bond motifs is 1. The van der Waals surface area contributed by atoms with Crippen molar-refractivity contribution in [2.45, 2.75) is 38.1 Å². The molecule has 4 rings (SSSR count). The first-order valence-electron chi connectivity index (χ1n) is 11.6. The van der Waals surface area contributed by atoms with E-state index in [-0.39, 0.29) is 6.61 Å². The van der Waals surface area contributed by atoms with E-state index in [4.69, 9.17) is 20.2 Å². The van der Waals surface area contributed by atoms with Crippen LogP contribution in [0.15, 0.2) is 42.9 Å². The minimum atomic E-state index is 0.0210. The standard InChI is InChI=1S/C25H31N7O2/c1-34-22-13-17(19(14-26)15-27-11-12-33)7-8-21(22)31-25-29-16-18-9-10-28-24(23(18)32-25)30-20-5-3-2-4-6-20/h7-10,13-16,20,26-27,33H,2-6,11-12H2,1H3,(H,28,30)(H,29,31,32)/b19-15+,26-14?. The number of aromatic nitrogens is 3. The molecule has 0 radical (unpaired) electrons. The molecule has 0 unspecified atom stereocenters. The minimum absolute atomic E-state index is 0.0210. The van der Waals surface area contributed by atoms with E-state index in [0.717, 1.165) is 35.1 Å². The maximum atomic E-state index is 8.95. The Morgan fingerprint density at radius 3 is 2.82 bits per heavy atom. The SMILES string of the molecule is COc1cc(/C(C=N)=C/NCCO)ccc1Nc1ncc2ccnc(NC3CCCCC3)c2n1. The van der Waals surface area contributed by atoms with Gasteiger partial charge in [-0.15, -0.1) is 0 Å². The summed E-state index contributed by atoms with van der Waals surface area (Å²) in [6.45, 7) is 0.437. The molecule has 9 nitrogen and oxygen atoms in total. The topological polar surface area (TPSA) is 128 Å². The van der Waals surface area contributed by atoms with Crippen LogP contribution in [0.2, 0.25) is 0 Å². The van der Waals surface area contributed by atoms with Crippen LogP contribution in [0, 0.1) is 5.41 Å². The molecule has 0 spiro atoms. The third-order valence-electron chi connectivity index (χ3n) is 5.90. The number of aliphatic hydroxyl groups excluding tert-OH is 1. The average Bonchev–Trinajstić information content (AvgIpc) is 2.88. The van der Waals surface area contributed by atoms with E-state index in [9.17, 15) is 0 Å². The smallest absolute Gasteiger partial charge is 0.227 e. The van der Waals surface area contributed by atoms with E-state index in [1.807, 2.05) is 24.3 Å². The van der Waals surface area contributed by atoms with E-state index >= 15 is 0 Å². The molecule has 178 valence electrons. The molecular formula is C25H31N7O2. The van der Waals surface area contributed by atoms with Crippen molar-refractivity contribution in [1.29, 1.82) is 5.41 Å². The van der Waals surface area contributed by atoms with Gasteiger partial charge in [0.25, 0.3) is 0 Å². The molecule has 1 aliphatic carbocycles. The summed E-state index contributed by atoms with van der Waals surface area (Å²) in [5, 5.41) is 27.4. The van der Waals surface area contributed by atoms with Gasteiger partial charge in [-0.2, -0.15) is 0 Å². The third-order valence-corrected chi connectivity index (χ3v) is 5.90. The second-order valence-electron chi connectivity index (χ2n) is 8.23. The number of methoxy groups -OCH3 is 1. The van der Waals surface area contributed by atoms with Crippen molar-refractivity contribution in [3.8, 4) is 5.75 Å². The van der Waals surface area contributed by atoms with Crippen LogP contribution in [-0.4, -0.2) is 52.6 Å². The van der Waals surface area contributed by atoms with Gasteiger partial charge in [-0.1, -0.05) is 25.3 Å². The Hall–Kier alpha value is -3.72. The fourth-order valence-corrected chi connectivity index (χ4v) is 4.11. The summed E-state index contributed by atoms with van der Waals surface area (Å²) in [4.78, 5) is 13.8. The lowest BCUT2D eigenvalue weighted by Gasteiger charge is -2.23. The molecule has 1 aliphatic rings. The molecule has 0 aliphatic heterocycles. The number of ether oxygens (including phenoxy) is 1. The largest absolute Gasteiger partial charge is 0.495 e. The molecule has 1 fully saturated rings. The van der Waals surface area contributed by atoms with Crippen LogP contribution >= 0.6 is 0 Å². The Morgan fingerprint density at radius 2 is 2.06 bits per heavy atom. The molecule has 5 N–H and O–H groups in total. The van der Waals surface area contributed by atoms with Crippen molar-refractivity contribution in [3.05, 3.63) is 48.4 Å². The molecule has 0 bridgehead atoms. The van der Waals surface area contributed by atoms with Crippen molar-refractivity contribution in [2.75, 3.05) is 30.9 Å². The van der Waals surface area contributed by atoms with Crippen LogP contribution in [-0.2, 0) is 0 Å². The fraction of sp³-hybridized carbons (Fsp3) is 0.360. The Morgan fingerprint density at radius 1 is 1.21 bits per heavy atom. The molecule has 3 aromatic rings. The van der Waals surface area contributed by atoms with Crippen LogP contribution in [0.5, 0.6) is 5.75 Å². The van der Waals surface area contributed by atoms with Crippen LogP contribution in [0.25, 0.3) is 16.5 Å². The molecule has 1 aromatic carbocycles. The van der Waals surface area contributed by atoms with Gasteiger partial charge < -0.3 is 31.2 Å². The van der Waals surface area contributed by atoms with Crippen LogP contribution in [0.4, 0.5) is 17.5 Å². The molecule has 0 amide bonds. The number of nitrogens with zero attached hydrogens (tertiary/aromatic N) is 3. The second-order valence-corrected chi connectivity index (χ2v) is 8.23. The molecule has 0 atom stereocenters. The second kappa shape index (κ2) is 11.4. The Bertz CT molecular complexity index is 1160. The van der Waals surface area contributed by atoms with E-state index in [1.54, 1.807) is 25.7 Å². The van der Waals surface area contributed by atoms with Crippen molar-refractivity contribution in [1.82, 2.24) is 20.3 Å². The van der Waals surface area contributed by atoms with Crippen molar-refractivity contribution < 1.29 is 9.84 Å². The Labute approximate surface area is 199 Å². The fourth-order valence-electron chi connectivity index (χ4n) is 4.11. The van der Waals surface area contributed by atoms with Crippen LogP contribution in [0.3, 0.4) is 0 Å². The highest BCUT2D eigenvalue weighted by Crippen LogP contribution is 2.31. The van der Waals surface area contributed by atoms with E-state index in [2.05, 4.69) is 25.9 Å². The average molecular weight is 462 g/mol. The van der Waals surface area contributed by atoms with Crippen LogP contribution < -0.4 is 20.7 Å². The Kier molecular flexibility index (Phi) is 7.87. The zero-order chi connectivity index (χ0) is 23.8. The van der Waals surface area contributed by atoms with E-state index < -0.39 is 0 Å². The summed E-state index contributed by atoms with van der Waals surface area (Å²) >= 11 is 0. The number of pyridine rings is 1. The van der Waals surface area contributed by atoms with Gasteiger partial charge in [0.15, 0.2) is 5.82 Å². The predicted molar refractivity (Wildman–Crippen MR) is 136 cm³/mol. The Balaban J connectivity index is 1.58. The summed E-state index contributed by atoms with van der Waals surface area (Å²) in [5.41, 5.74) is 2.98. The number of anilines is 3. The quantitative estimate of drug-likeness (QED) is 0.226. The predicted octanol–water partition coefficient (Wildman–Crippen LogP) is 4.09. The summed E-state index contributed by atoms with van der Waals surface area (Å²) in [6.07, 6.45) is 12.6. The van der Waals surface area contributed by atoms with Crippen LogP contribution in [0.1, 0.15) is 37.7 Å². The highest BCUT2D eigenvalue weighted by Gasteiger charge is 2.16. The monoisotopic (exact) mass is 461 g/mol. The van der Waals surface area contributed by atoms with Gasteiger partial charge in [-0.3, -0.25) is 0 Å². The number of allylic oxidation sites excluding steroid dienone is 1. The number of benzene rings is 1. The summed E-state index contributed by atoms with van der Waals surface area (Å²) in [5.74, 6) is 1.84. The minimum Gasteiger partial charge on any atom is -0.495 e. The number of hydrogen-bond donors (Lipinski definition) is 5. The summed E-state index contributed by atoms with van der Waals surface area (Å²) in [7, 11) is 1.60. The molecule has 2 heterocycles. The summed E-state index contributed by atoms with van der Waals surface area (Å²) < 4.78 is 5.58. The lowest BCUT2D eigenvalue weighted by molar-refractivity contribution is 0.298. The van der Waals surface area contributed by atoms with Gasteiger partial charge in [-0.05, 0) is 36.6 Å². The van der Waals surface area contributed by atoms with Gasteiger partial charge in [-0.25, -0.2) is 15.0 Å². The van der Waals surface area contributed by atoms with Gasteiger partial charge >= 0.3 is 0 Å². The maximum Gasteiger partial charge on any atom is 0.227 e. The number of nitrogens with one attached hydrogen (secondary N) is 4. The van der Waals surface area contributed by atoms with E-state index in [1.165, 1.54) is 25.5 Å². The maximum absolute atomic E-state index is 8.95. The zero-order valence-corrected chi connectivity index (χ0v) is 19.3. The zero-order valence-electron chi connectivity index (χ0n) is 19.3. The molecule has 0 saturated heterocycles. The first-order chi connectivity index (χ1) is 16.7. The van der Waals surface area contributed by atoms with E-state index in [0.29, 0.717) is 35.5 Å². The highest BCUT2D eigenvalue weighted by atomic mass is 16.5. The first-order valence-corrected chi connectivity index (χ1v) is 11.6. The van der Waals surface area contributed by atoms with Gasteiger partial charge in [0.2, 0.25) is 5.95 Å². The first kappa shape index (κ1) is 23.4. The lowest BCUT2D eigenvalue weighted by Crippen LogP contribution is -2.23. The molecule has 1 saturated carbocycles. The normalized spacial score (nSPS) is 14.6. The third kappa shape index (κ3) is 5.60. The number of aliphatic hydroxyl groups is 1. The molecule has 9 heteroatoms. The van der Waals surface area contributed by atoms with Crippen molar-refractivity contribution >= 4 is 40.1 Å².